The van der Waals surface area contributed by atoms with Crippen LogP contribution in [-0.4, -0.2) is 17.8 Å². The number of benzene rings is 1. The van der Waals surface area contributed by atoms with Crippen LogP contribution >= 0.6 is 45.5 Å². The van der Waals surface area contributed by atoms with Gasteiger partial charge in [0.1, 0.15) is 0 Å². The number of halogens is 2. The number of nitrogens with one attached hydrogen (secondary N) is 1. The van der Waals surface area contributed by atoms with E-state index < -0.39 is 10.0 Å². The van der Waals surface area contributed by atoms with Gasteiger partial charge in [-0.25, -0.2) is 4.98 Å². The second-order valence-corrected chi connectivity index (χ2v) is 8.16. The van der Waals surface area contributed by atoms with E-state index in [0.29, 0.717) is 19.2 Å². The largest absolute Gasteiger partial charge is 0.381 e. The summed E-state index contributed by atoms with van der Waals surface area (Å²) in [4.78, 5) is 4.56. The number of imidazole rings is 1. The predicted octanol–water partition coefficient (Wildman–Crippen LogP) is 3.04. The summed E-state index contributed by atoms with van der Waals surface area (Å²) in [6.07, 6.45) is 1.62. The smallest absolute Gasteiger partial charge is 0.281 e. The van der Waals surface area contributed by atoms with Crippen LogP contribution in [0.25, 0.3) is 4.96 Å². The molecule has 3 rings (SSSR count). The van der Waals surface area contributed by atoms with E-state index in [1.807, 2.05) is 22.6 Å². The summed E-state index contributed by atoms with van der Waals surface area (Å²) in [5.41, 5.74) is 6.17. The molecule has 0 amide bonds. The Labute approximate surface area is 143 Å². The van der Waals surface area contributed by atoms with E-state index >= 15 is 0 Å². The zero-order chi connectivity index (χ0) is 15.2. The zero-order valence-electron chi connectivity index (χ0n) is 10.2. The van der Waals surface area contributed by atoms with Gasteiger partial charge in [0.05, 0.1) is 5.69 Å². The van der Waals surface area contributed by atoms with Crippen molar-refractivity contribution in [3.63, 3.8) is 0 Å². The molecule has 6 nitrogen and oxygen atoms in total. The first-order valence-corrected chi connectivity index (χ1v) is 9.39. The summed E-state index contributed by atoms with van der Waals surface area (Å²) >= 11 is 9.18. The summed E-state index contributed by atoms with van der Waals surface area (Å²) in [5.74, 6) is -0.0293. The summed E-state index contributed by atoms with van der Waals surface area (Å²) in [5, 5.41) is 2.21. The molecule has 1 aromatic carbocycles. The Morgan fingerprint density at radius 3 is 2.90 bits per heavy atom. The van der Waals surface area contributed by atoms with Gasteiger partial charge >= 0.3 is 0 Å². The molecule has 21 heavy (non-hydrogen) atoms. The van der Waals surface area contributed by atoms with E-state index in [-0.39, 0.29) is 10.8 Å². The summed E-state index contributed by atoms with van der Waals surface area (Å²) in [7, 11) is -3.85. The third-order valence-corrected chi connectivity index (χ3v) is 5.96. The lowest BCUT2D eigenvalue weighted by molar-refractivity contribution is 0.597. The first-order valence-electron chi connectivity index (χ1n) is 5.57. The maximum absolute atomic E-state index is 12.5. The number of aromatic nitrogens is 2. The summed E-state index contributed by atoms with van der Waals surface area (Å²) in [6, 6.07) is 4.88. The van der Waals surface area contributed by atoms with E-state index in [1.165, 1.54) is 15.7 Å². The van der Waals surface area contributed by atoms with E-state index in [9.17, 15) is 8.42 Å². The number of nitrogen functional groups attached to an aromatic ring is 1. The van der Waals surface area contributed by atoms with Gasteiger partial charge in [0.25, 0.3) is 10.0 Å². The Morgan fingerprint density at radius 1 is 1.43 bits per heavy atom. The molecule has 3 N–H and O–H groups in total. The Bertz CT molecular complexity index is 935. The third kappa shape index (κ3) is 2.70. The number of anilines is 2. The van der Waals surface area contributed by atoms with Gasteiger partial charge in [-0.05, 0) is 40.8 Å². The lowest BCUT2D eigenvalue weighted by atomic mass is 10.3. The van der Waals surface area contributed by atoms with Gasteiger partial charge in [0.2, 0.25) is 5.03 Å². The van der Waals surface area contributed by atoms with Crippen molar-refractivity contribution in [3.05, 3.63) is 38.4 Å². The quantitative estimate of drug-likeness (QED) is 0.595. The molecule has 0 radical (unpaired) electrons. The molecule has 0 aliphatic heterocycles. The molecule has 0 saturated carbocycles. The van der Waals surface area contributed by atoms with Gasteiger partial charge in [-0.15, -0.1) is 11.3 Å². The van der Waals surface area contributed by atoms with E-state index in [0.717, 1.165) is 0 Å². The van der Waals surface area contributed by atoms with Crippen LogP contribution in [0.3, 0.4) is 0 Å². The van der Waals surface area contributed by atoms with Crippen LogP contribution in [0.5, 0.6) is 0 Å². The first-order chi connectivity index (χ1) is 9.88. The van der Waals surface area contributed by atoms with Crippen molar-refractivity contribution in [2.24, 2.45) is 0 Å². The molecule has 0 spiro atoms. The van der Waals surface area contributed by atoms with E-state index in [1.54, 1.807) is 29.8 Å². The van der Waals surface area contributed by atoms with Crippen LogP contribution in [0.1, 0.15) is 0 Å². The van der Waals surface area contributed by atoms with Gasteiger partial charge in [-0.3, -0.25) is 9.12 Å². The van der Waals surface area contributed by atoms with Crippen molar-refractivity contribution in [2.75, 3.05) is 10.5 Å². The minimum atomic E-state index is -3.85. The molecule has 0 bridgehead atoms. The Hall–Kier alpha value is -1.04. The number of fused-ring (bicyclic) bond motifs is 1. The number of thiazole rings is 1. The van der Waals surface area contributed by atoms with Crippen molar-refractivity contribution < 1.29 is 8.42 Å². The molecule has 0 atom stereocenters. The topological polar surface area (TPSA) is 89.5 Å². The third-order valence-electron chi connectivity index (χ3n) is 2.67. The molecule has 0 fully saturated rings. The van der Waals surface area contributed by atoms with Crippen LogP contribution in [0.4, 0.5) is 11.5 Å². The highest BCUT2D eigenvalue weighted by Crippen LogP contribution is 2.28. The van der Waals surface area contributed by atoms with Gasteiger partial charge in [0.15, 0.2) is 10.8 Å². The molecule has 0 aliphatic rings. The van der Waals surface area contributed by atoms with Crippen molar-refractivity contribution in [3.8, 4) is 0 Å². The molecule has 0 aliphatic carbocycles. The minimum Gasteiger partial charge on any atom is -0.381 e. The van der Waals surface area contributed by atoms with Crippen molar-refractivity contribution in [2.45, 2.75) is 5.03 Å². The molecule has 110 valence electrons. The highest BCUT2D eigenvalue weighted by atomic mass is 127. The molecule has 2 aromatic heterocycles. The molecule has 3 aromatic rings. The van der Waals surface area contributed by atoms with Crippen molar-refractivity contribution >= 4 is 72.0 Å². The molecular formula is C11H8ClIN4O2S2. The Kier molecular flexibility index (Phi) is 3.76. The van der Waals surface area contributed by atoms with Gasteiger partial charge < -0.3 is 5.73 Å². The van der Waals surface area contributed by atoms with Crippen LogP contribution in [0.15, 0.2) is 34.8 Å². The monoisotopic (exact) mass is 454 g/mol. The summed E-state index contributed by atoms with van der Waals surface area (Å²) in [6.45, 7) is 0. The SMILES string of the molecule is Nc1nc2sccn2c1S(=O)(=O)Nc1ccc(Cl)cc1I. The van der Waals surface area contributed by atoms with Crippen LogP contribution in [0, 0.1) is 3.57 Å². The number of sulfonamides is 1. The summed E-state index contributed by atoms with van der Waals surface area (Å²) < 4.78 is 29.7. The number of hydrogen-bond donors (Lipinski definition) is 2. The zero-order valence-corrected chi connectivity index (χ0v) is 14.8. The Morgan fingerprint density at radius 2 is 2.19 bits per heavy atom. The second kappa shape index (κ2) is 5.30. The standard InChI is InChI=1S/C11H8ClIN4O2S2/c12-6-1-2-8(7(13)5-6)16-21(18,19)10-9(14)15-11-17(10)3-4-20-11/h1-5,16H,14H2. The molecule has 10 heteroatoms. The first kappa shape index (κ1) is 14.9. The lowest BCUT2D eigenvalue weighted by Crippen LogP contribution is -2.17. The maximum Gasteiger partial charge on any atom is 0.281 e. The van der Waals surface area contributed by atoms with E-state index in [4.69, 9.17) is 17.3 Å². The highest BCUT2D eigenvalue weighted by molar-refractivity contribution is 14.1. The van der Waals surface area contributed by atoms with Crippen molar-refractivity contribution in [1.82, 2.24) is 9.38 Å². The fourth-order valence-electron chi connectivity index (χ4n) is 1.81. The number of hydrogen-bond acceptors (Lipinski definition) is 5. The number of nitrogens with two attached hydrogens (primary N) is 1. The highest BCUT2D eigenvalue weighted by Gasteiger charge is 2.25. The fraction of sp³-hybridized carbons (Fsp3) is 0. The Balaban J connectivity index is 2.08. The van der Waals surface area contributed by atoms with Crippen LogP contribution in [-0.2, 0) is 10.0 Å². The van der Waals surface area contributed by atoms with Gasteiger partial charge in [-0.1, -0.05) is 11.6 Å². The van der Waals surface area contributed by atoms with Crippen LogP contribution in [0.2, 0.25) is 5.02 Å². The molecule has 0 unspecified atom stereocenters. The van der Waals surface area contributed by atoms with Gasteiger partial charge in [0, 0.05) is 20.2 Å². The second-order valence-electron chi connectivity index (χ2n) is 4.09. The molecule has 0 saturated heterocycles. The normalized spacial score (nSPS) is 11.9. The van der Waals surface area contributed by atoms with Crippen molar-refractivity contribution in [1.29, 1.82) is 0 Å². The fourth-order valence-corrected chi connectivity index (χ4v) is 5.07. The van der Waals surface area contributed by atoms with Crippen LogP contribution < -0.4 is 10.5 Å². The predicted molar refractivity (Wildman–Crippen MR) is 92.5 cm³/mol. The van der Waals surface area contributed by atoms with Gasteiger partial charge in [-0.2, -0.15) is 8.42 Å². The molecule has 2 heterocycles. The lowest BCUT2D eigenvalue weighted by Gasteiger charge is -2.09. The van der Waals surface area contributed by atoms with E-state index in [2.05, 4.69) is 9.71 Å². The average Bonchev–Trinajstić information content (AvgIpc) is 2.91. The minimum absolute atomic E-state index is 0.0293. The number of nitrogens with zero attached hydrogens (tertiary/aromatic N) is 2. The average molecular weight is 455 g/mol. The molecular weight excluding hydrogens is 447 g/mol. The number of rotatable bonds is 3. The maximum atomic E-state index is 12.5.